The SMILES string of the molecule is C=C(C)[C@H](CCC)C1C2CC[C@@H]3[C@@]4(C)CC[C@H](O)C(C)(C)C4CC[C@@]3(C)[C@]2(C)CC[C@@H]1CO. The molecule has 0 radical (unpaired) electrons. The van der Waals surface area contributed by atoms with Gasteiger partial charge in [0, 0.05) is 6.61 Å². The van der Waals surface area contributed by atoms with Gasteiger partial charge < -0.3 is 10.2 Å². The van der Waals surface area contributed by atoms with Crippen LogP contribution in [0.1, 0.15) is 113 Å². The first-order valence-electron chi connectivity index (χ1n) is 14.3. The Morgan fingerprint density at radius 1 is 0.909 bits per heavy atom. The highest BCUT2D eigenvalue weighted by Gasteiger charge is 2.68. The van der Waals surface area contributed by atoms with Crippen LogP contribution in [0.3, 0.4) is 0 Å². The minimum absolute atomic E-state index is 0.0232. The summed E-state index contributed by atoms with van der Waals surface area (Å²) in [6.07, 6.45) is 12.1. The zero-order valence-corrected chi connectivity index (χ0v) is 22.9. The standard InChI is InChI=1S/C31H54O2/c1-9-10-22(20(2)3)27-21(19-32)13-17-30(7)23(27)11-12-25-29(6)16-15-26(33)28(4,5)24(29)14-18-31(25,30)8/h21-27,32-33H,2,9-19H2,1,3-8H3/t21-,22+,23?,24?,25-,26+,27?,29+,30-,31-/m1/s1. The fourth-order valence-electron chi connectivity index (χ4n) is 11.0. The monoisotopic (exact) mass is 458 g/mol. The third kappa shape index (κ3) is 3.54. The molecule has 0 spiro atoms. The smallest absolute Gasteiger partial charge is 0.0594 e. The van der Waals surface area contributed by atoms with Crippen molar-refractivity contribution in [2.45, 2.75) is 119 Å². The second kappa shape index (κ2) is 8.65. The second-order valence-corrected chi connectivity index (χ2v) is 14.3. The molecule has 0 heterocycles. The van der Waals surface area contributed by atoms with E-state index in [1.807, 2.05) is 0 Å². The minimum atomic E-state index is -0.151. The lowest BCUT2D eigenvalue weighted by Gasteiger charge is -2.72. The van der Waals surface area contributed by atoms with Gasteiger partial charge in [0.25, 0.3) is 0 Å². The summed E-state index contributed by atoms with van der Waals surface area (Å²) < 4.78 is 0. The third-order valence-corrected chi connectivity index (χ3v) is 12.9. The lowest BCUT2D eigenvalue weighted by Crippen LogP contribution is -2.66. The van der Waals surface area contributed by atoms with Crippen LogP contribution in [0.15, 0.2) is 12.2 Å². The fraction of sp³-hybridized carbons (Fsp3) is 0.935. The van der Waals surface area contributed by atoms with Gasteiger partial charge in [0.2, 0.25) is 0 Å². The molecule has 0 amide bonds. The lowest BCUT2D eigenvalue weighted by molar-refractivity contribution is -0.244. The predicted octanol–water partition coefficient (Wildman–Crippen LogP) is 7.63. The quantitative estimate of drug-likeness (QED) is 0.416. The van der Waals surface area contributed by atoms with E-state index in [4.69, 9.17) is 0 Å². The number of rotatable bonds is 5. The first kappa shape index (κ1) is 25.7. The summed E-state index contributed by atoms with van der Waals surface area (Å²) >= 11 is 0. The molecule has 10 atom stereocenters. The Labute approximate surface area is 205 Å². The first-order chi connectivity index (χ1) is 15.4. The molecule has 190 valence electrons. The van der Waals surface area contributed by atoms with Gasteiger partial charge in [0.1, 0.15) is 0 Å². The normalized spacial score (nSPS) is 50.0. The van der Waals surface area contributed by atoms with Gasteiger partial charge in [0.05, 0.1) is 6.10 Å². The van der Waals surface area contributed by atoms with Gasteiger partial charge in [-0.25, -0.2) is 0 Å². The van der Waals surface area contributed by atoms with E-state index in [0.29, 0.717) is 52.4 Å². The van der Waals surface area contributed by atoms with Gasteiger partial charge in [-0.3, -0.25) is 0 Å². The van der Waals surface area contributed by atoms with Crippen molar-refractivity contribution in [3.8, 4) is 0 Å². The van der Waals surface area contributed by atoms with E-state index in [-0.39, 0.29) is 11.5 Å². The van der Waals surface area contributed by atoms with E-state index in [0.717, 1.165) is 12.3 Å². The average molecular weight is 459 g/mol. The molecule has 0 saturated heterocycles. The highest BCUT2D eigenvalue weighted by molar-refractivity contribution is 5.18. The van der Waals surface area contributed by atoms with E-state index in [9.17, 15) is 10.2 Å². The Balaban J connectivity index is 1.73. The molecule has 4 saturated carbocycles. The molecule has 4 aliphatic carbocycles. The molecule has 0 aliphatic heterocycles. The van der Waals surface area contributed by atoms with Crippen molar-refractivity contribution in [1.82, 2.24) is 0 Å². The van der Waals surface area contributed by atoms with Crippen molar-refractivity contribution in [2.24, 2.45) is 57.2 Å². The van der Waals surface area contributed by atoms with Gasteiger partial charge in [-0.1, -0.05) is 60.1 Å². The summed E-state index contributed by atoms with van der Waals surface area (Å²) in [5.74, 6) is 3.64. The molecule has 2 nitrogen and oxygen atoms in total. The first-order valence-corrected chi connectivity index (χ1v) is 14.3. The van der Waals surface area contributed by atoms with Gasteiger partial charge in [-0.05, 0) is 122 Å². The van der Waals surface area contributed by atoms with Crippen LogP contribution < -0.4 is 0 Å². The number of aliphatic hydroxyl groups excluding tert-OH is 2. The summed E-state index contributed by atoms with van der Waals surface area (Å²) in [5, 5.41) is 21.4. The number of fused-ring (bicyclic) bond motifs is 5. The van der Waals surface area contributed by atoms with Crippen molar-refractivity contribution in [2.75, 3.05) is 6.61 Å². The molecule has 2 heteroatoms. The van der Waals surface area contributed by atoms with Gasteiger partial charge in [-0.15, -0.1) is 0 Å². The van der Waals surface area contributed by atoms with E-state index >= 15 is 0 Å². The van der Waals surface area contributed by atoms with Gasteiger partial charge in [-0.2, -0.15) is 0 Å². The minimum Gasteiger partial charge on any atom is -0.396 e. The molecule has 0 aromatic carbocycles. The molecular formula is C31H54O2. The third-order valence-electron chi connectivity index (χ3n) is 12.9. The largest absolute Gasteiger partial charge is 0.396 e. The zero-order chi connectivity index (χ0) is 24.4. The maximum atomic E-state index is 10.9. The Bertz CT molecular complexity index is 741. The molecule has 2 N–H and O–H groups in total. The molecule has 4 rings (SSSR count). The summed E-state index contributed by atoms with van der Waals surface area (Å²) in [6, 6.07) is 0. The highest BCUT2D eigenvalue weighted by Crippen LogP contribution is 2.75. The maximum absolute atomic E-state index is 10.9. The fourth-order valence-corrected chi connectivity index (χ4v) is 11.0. The molecule has 0 bridgehead atoms. The Morgan fingerprint density at radius 3 is 2.18 bits per heavy atom. The Morgan fingerprint density at radius 2 is 1.58 bits per heavy atom. The van der Waals surface area contributed by atoms with Crippen LogP contribution in [0.2, 0.25) is 0 Å². The van der Waals surface area contributed by atoms with E-state index in [1.54, 1.807) is 0 Å². The van der Waals surface area contributed by atoms with E-state index < -0.39 is 0 Å². The molecule has 0 aromatic heterocycles. The van der Waals surface area contributed by atoms with Crippen molar-refractivity contribution in [1.29, 1.82) is 0 Å². The lowest BCUT2D eigenvalue weighted by atomic mass is 9.32. The average Bonchev–Trinajstić information content (AvgIpc) is 2.74. The topological polar surface area (TPSA) is 40.5 Å². The van der Waals surface area contributed by atoms with Crippen molar-refractivity contribution in [3.63, 3.8) is 0 Å². The zero-order valence-electron chi connectivity index (χ0n) is 22.9. The van der Waals surface area contributed by atoms with E-state index in [1.165, 1.54) is 63.4 Å². The van der Waals surface area contributed by atoms with Crippen LogP contribution in [0, 0.1) is 57.2 Å². The molecule has 33 heavy (non-hydrogen) atoms. The van der Waals surface area contributed by atoms with Crippen LogP contribution in [0.5, 0.6) is 0 Å². The second-order valence-electron chi connectivity index (χ2n) is 14.3. The highest BCUT2D eigenvalue weighted by atomic mass is 16.3. The number of hydrogen-bond donors (Lipinski definition) is 2. The van der Waals surface area contributed by atoms with Crippen LogP contribution in [-0.4, -0.2) is 22.9 Å². The summed E-state index contributed by atoms with van der Waals surface area (Å²) in [6.45, 7) is 22.0. The van der Waals surface area contributed by atoms with Crippen molar-refractivity contribution in [3.05, 3.63) is 12.2 Å². The summed E-state index contributed by atoms with van der Waals surface area (Å²) in [7, 11) is 0. The maximum Gasteiger partial charge on any atom is 0.0594 e. The molecular weight excluding hydrogens is 404 g/mol. The van der Waals surface area contributed by atoms with Gasteiger partial charge >= 0.3 is 0 Å². The van der Waals surface area contributed by atoms with Crippen LogP contribution in [0.25, 0.3) is 0 Å². The number of aliphatic hydroxyl groups is 2. The molecule has 3 unspecified atom stereocenters. The molecule has 0 aromatic rings. The van der Waals surface area contributed by atoms with Crippen LogP contribution in [0.4, 0.5) is 0 Å². The predicted molar refractivity (Wildman–Crippen MR) is 139 cm³/mol. The summed E-state index contributed by atoms with van der Waals surface area (Å²) in [4.78, 5) is 0. The number of hydrogen-bond acceptors (Lipinski definition) is 2. The summed E-state index contributed by atoms with van der Waals surface area (Å²) in [5.41, 5.74) is 2.39. The molecule has 4 fully saturated rings. The van der Waals surface area contributed by atoms with Crippen molar-refractivity contribution < 1.29 is 10.2 Å². The van der Waals surface area contributed by atoms with Crippen LogP contribution >= 0.6 is 0 Å². The number of allylic oxidation sites excluding steroid dienone is 1. The van der Waals surface area contributed by atoms with Gasteiger partial charge in [0.15, 0.2) is 0 Å². The molecule has 4 aliphatic rings. The Hall–Kier alpha value is -0.340. The Kier molecular flexibility index (Phi) is 6.75. The van der Waals surface area contributed by atoms with Crippen molar-refractivity contribution >= 4 is 0 Å². The van der Waals surface area contributed by atoms with E-state index in [2.05, 4.69) is 55.0 Å². The van der Waals surface area contributed by atoms with Crippen LogP contribution in [-0.2, 0) is 0 Å².